The molecule has 4 heteroatoms. The fourth-order valence-electron chi connectivity index (χ4n) is 1.40. The highest BCUT2D eigenvalue weighted by Gasteiger charge is 2.17. The Kier molecular flexibility index (Phi) is 9.34. The van der Waals surface area contributed by atoms with Crippen LogP contribution in [0, 0.1) is 0 Å². The lowest BCUT2D eigenvalue weighted by Gasteiger charge is -2.21. The van der Waals surface area contributed by atoms with E-state index in [0.717, 1.165) is 12.2 Å². The van der Waals surface area contributed by atoms with Gasteiger partial charge in [0.05, 0.1) is 0 Å². The Morgan fingerprint density at radius 2 is 1.94 bits per heavy atom. The van der Waals surface area contributed by atoms with Crippen LogP contribution in [-0.2, 0) is 4.74 Å². The normalized spacial score (nSPS) is 13.2. The van der Waals surface area contributed by atoms with Crippen molar-refractivity contribution in [3.8, 4) is 0 Å². The average Bonchev–Trinajstić information content (AvgIpc) is 2.20. The zero-order valence-electron chi connectivity index (χ0n) is 12.5. The Hall–Kier alpha value is -0.380. The number of ether oxygens (including phenoxy) is 1. The molecule has 1 amide bonds. The highest BCUT2D eigenvalue weighted by atomic mass is 32.2. The molecule has 0 radical (unpaired) electrons. The second-order valence-electron chi connectivity index (χ2n) is 5.66. The summed E-state index contributed by atoms with van der Waals surface area (Å²) in [5, 5.41) is 2.86. The van der Waals surface area contributed by atoms with Gasteiger partial charge in [-0.2, -0.15) is 11.8 Å². The van der Waals surface area contributed by atoms with Crippen molar-refractivity contribution in [2.75, 3.05) is 11.5 Å². The van der Waals surface area contributed by atoms with Gasteiger partial charge in [-0.15, -0.1) is 0 Å². The maximum atomic E-state index is 11.5. The van der Waals surface area contributed by atoms with Crippen molar-refractivity contribution in [3.05, 3.63) is 0 Å². The molecule has 108 valence electrons. The molecule has 0 saturated carbocycles. The van der Waals surface area contributed by atoms with Gasteiger partial charge >= 0.3 is 6.09 Å². The van der Waals surface area contributed by atoms with Gasteiger partial charge in [-0.05, 0) is 52.0 Å². The summed E-state index contributed by atoms with van der Waals surface area (Å²) in [4.78, 5) is 11.5. The molecule has 3 nitrogen and oxygen atoms in total. The standard InChI is InChI=1S/C14H29NO2S/c1-6-7-8-10-18-11-9-12(2)15-13(16)17-14(3,4)5/h12H,6-11H2,1-5H3,(H,15,16). The van der Waals surface area contributed by atoms with Gasteiger partial charge in [0.2, 0.25) is 0 Å². The van der Waals surface area contributed by atoms with Crippen LogP contribution in [0.15, 0.2) is 0 Å². The van der Waals surface area contributed by atoms with Gasteiger partial charge in [0.15, 0.2) is 0 Å². The summed E-state index contributed by atoms with van der Waals surface area (Å²) in [5.74, 6) is 2.33. The van der Waals surface area contributed by atoms with Crippen molar-refractivity contribution >= 4 is 17.9 Å². The van der Waals surface area contributed by atoms with Gasteiger partial charge < -0.3 is 10.1 Å². The fourth-order valence-corrected chi connectivity index (χ4v) is 2.53. The Morgan fingerprint density at radius 1 is 1.28 bits per heavy atom. The van der Waals surface area contributed by atoms with E-state index in [0.29, 0.717) is 0 Å². The van der Waals surface area contributed by atoms with Crippen molar-refractivity contribution in [2.24, 2.45) is 0 Å². The van der Waals surface area contributed by atoms with E-state index in [9.17, 15) is 4.79 Å². The van der Waals surface area contributed by atoms with Crippen molar-refractivity contribution in [1.82, 2.24) is 5.32 Å². The minimum atomic E-state index is -0.418. The van der Waals surface area contributed by atoms with Crippen LogP contribution in [0.4, 0.5) is 4.79 Å². The van der Waals surface area contributed by atoms with E-state index in [1.165, 1.54) is 25.0 Å². The predicted molar refractivity (Wildman–Crippen MR) is 80.3 cm³/mol. The number of carbonyl (C=O) groups excluding carboxylic acids is 1. The third-order valence-corrected chi connectivity index (χ3v) is 3.45. The molecule has 0 aromatic heterocycles. The Labute approximate surface area is 116 Å². The van der Waals surface area contributed by atoms with Crippen LogP contribution < -0.4 is 5.32 Å². The number of nitrogens with one attached hydrogen (secondary N) is 1. The summed E-state index contributed by atoms with van der Waals surface area (Å²) < 4.78 is 5.21. The second kappa shape index (κ2) is 9.54. The predicted octanol–water partition coefficient (Wildman–Crippen LogP) is 4.21. The molecule has 0 bridgehead atoms. The highest BCUT2D eigenvalue weighted by Crippen LogP contribution is 2.10. The van der Waals surface area contributed by atoms with Gasteiger partial charge in [0, 0.05) is 6.04 Å². The summed E-state index contributed by atoms with van der Waals surface area (Å²) in [6.07, 6.45) is 4.58. The number of hydrogen-bond acceptors (Lipinski definition) is 3. The van der Waals surface area contributed by atoms with Crippen molar-refractivity contribution in [3.63, 3.8) is 0 Å². The van der Waals surface area contributed by atoms with Crippen molar-refractivity contribution in [2.45, 2.75) is 71.9 Å². The Balaban J connectivity index is 3.53. The van der Waals surface area contributed by atoms with Crippen molar-refractivity contribution in [1.29, 1.82) is 0 Å². The molecule has 0 rings (SSSR count). The Bertz CT molecular complexity index is 226. The molecule has 0 aromatic carbocycles. The first-order valence-electron chi connectivity index (χ1n) is 6.92. The van der Waals surface area contributed by atoms with E-state index in [-0.39, 0.29) is 12.1 Å². The number of unbranched alkanes of at least 4 members (excludes halogenated alkanes) is 2. The minimum absolute atomic E-state index is 0.179. The summed E-state index contributed by atoms with van der Waals surface area (Å²) in [6, 6.07) is 0.179. The number of carbonyl (C=O) groups is 1. The molecule has 0 saturated heterocycles. The number of hydrogen-bond donors (Lipinski definition) is 1. The van der Waals surface area contributed by atoms with E-state index in [2.05, 4.69) is 12.2 Å². The van der Waals surface area contributed by atoms with Gasteiger partial charge in [-0.3, -0.25) is 0 Å². The van der Waals surface area contributed by atoms with Gasteiger partial charge in [0.25, 0.3) is 0 Å². The zero-order chi connectivity index (χ0) is 14.0. The molecule has 0 aliphatic carbocycles. The molecule has 1 unspecified atom stereocenters. The first-order valence-corrected chi connectivity index (χ1v) is 8.08. The minimum Gasteiger partial charge on any atom is -0.444 e. The zero-order valence-corrected chi connectivity index (χ0v) is 13.4. The molecule has 1 atom stereocenters. The van der Waals surface area contributed by atoms with Crippen LogP contribution in [-0.4, -0.2) is 29.2 Å². The van der Waals surface area contributed by atoms with Crippen LogP contribution >= 0.6 is 11.8 Å². The molecular formula is C14H29NO2S. The van der Waals surface area contributed by atoms with E-state index < -0.39 is 5.60 Å². The number of amides is 1. The molecule has 0 fully saturated rings. The van der Waals surface area contributed by atoms with Gasteiger partial charge in [0.1, 0.15) is 5.60 Å². The molecule has 0 aliphatic rings. The van der Waals surface area contributed by atoms with Crippen LogP contribution in [0.1, 0.15) is 60.3 Å². The lowest BCUT2D eigenvalue weighted by molar-refractivity contribution is 0.0508. The van der Waals surface area contributed by atoms with Crippen LogP contribution in [0.3, 0.4) is 0 Å². The van der Waals surface area contributed by atoms with Gasteiger partial charge in [-0.1, -0.05) is 19.8 Å². The van der Waals surface area contributed by atoms with Crippen molar-refractivity contribution < 1.29 is 9.53 Å². The SMILES string of the molecule is CCCCCSCCC(C)NC(=O)OC(C)(C)C. The van der Waals surface area contributed by atoms with Crippen LogP contribution in [0.5, 0.6) is 0 Å². The molecule has 0 aliphatic heterocycles. The quantitative estimate of drug-likeness (QED) is 0.674. The van der Waals surface area contributed by atoms with Gasteiger partial charge in [-0.25, -0.2) is 4.79 Å². The van der Waals surface area contributed by atoms with Crippen LogP contribution in [0.25, 0.3) is 0 Å². The molecule has 18 heavy (non-hydrogen) atoms. The molecule has 0 heterocycles. The lowest BCUT2D eigenvalue weighted by atomic mass is 10.2. The first kappa shape index (κ1) is 17.6. The monoisotopic (exact) mass is 275 g/mol. The van der Waals surface area contributed by atoms with Crippen LogP contribution in [0.2, 0.25) is 0 Å². The second-order valence-corrected chi connectivity index (χ2v) is 6.88. The largest absolute Gasteiger partial charge is 0.444 e. The van der Waals surface area contributed by atoms with E-state index in [1.54, 1.807) is 0 Å². The highest BCUT2D eigenvalue weighted by molar-refractivity contribution is 7.99. The first-order chi connectivity index (χ1) is 8.35. The summed E-state index contributed by atoms with van der Waals surface area (Å²) >= 11 is 1.97. The van der Waals surface area contributed by atoms with E-state index in [1.807, 2.05) is 39.5 Å². The summed E-state index contributed by atoms with van der Waals surface area (Å²) in [6.45, 7) is 9.87. The fraction of sp³-hybridized carbons (Fsp3) is 0.929. The Morgan fingerprint density at radius 3 is 2.50 bits per heavy atom. The number of alkyl carbamates (subject to hydrolysis) is 1. The van der Waals surface area contributed by atoms with E-state index in [4.69, 9.17) is 4.74 Å². The third kappa shape index (κ3) is 12.1. The third-order valence-electron chi connectivity index (χ3n) is 2.35. The molecule has 0 aromatic rings. The molecule has 0 spiro atoms. The maximum Gasteiger partial charge on any atom is 0.407 e. The lowest BCUT2D eigenvalue weighted by Crippen LogP contribution is -2.37. The number of rotatable bonds is 8. The van der Waals surface area contributed by atoms with E-state index >= 15 is 0 Å². The number of thioether (sulfide) groups is 1. The average molecular weight is 275 g/mol. The summed E-state index contributed by atoms with van der Waals surface area (Å²) in [7, 11) is 0. The topological polar surface area (TPSA) is 38.3 Å². The molecule has 1 N–H and O–H groups in total. The summed E-state index contributed by atoms with van der Waals surface area (Å²) in [5.41, 5.74) is -0.418. The smallest absolute Gasteiger partial charge is 0.407 e. The maximum absolute atomic E-state index is 11.5. The molecular weight excluding hydrogens is 246 g/mol.